The maximum absolute atomic E-state index is 12.5. The van der Waals surface area contributed by atoms with E-state index in [2.05, 4.69) is 6.58 Å². The summed E-state index contributed by atoms with van der Waals surface area (Å²) < 4.78 is 37.4. The smallest absolute Gasteiger partial charge is 0.416 e. The maximum atomic E-state index is 12.5. The van der Waals surface area contributed by atoms with Crippen LogP contribution in [0.25, 0.3) is 0 Å². The molecule has 0 amide bonds. The average molecular weight is 258 g/mol. The van der Waals surface area contributed by atoms with Crippen molar-refractivity contribution in [2.45, 2.75) is 19.0 Å². The molecule has 18 heavy (non-hydrogen) atoms. The van der Waals surface area contributed by atoms with Gasteiger partial charge < -0.3 is 5.11 Å². The zero-order valence-corrected chi connectivity index (χ0v) is 9.57. The van der Waals surface area contributed by atoms with Gasteiger partial charge in [0.15, 0.2) is 0 Å². The van der Waals surface area contributed by atoms with E-state index in [-0.39, 0.29) is 12.8 Å². The topological polar surface area (TPSA) is 37.3 Å². The third-order valence-electron chi connectivity index (χ3n) is 2.54. The summed E-state index contributed by atoms with van der Waals surface area (Å²) >= 11 is 0. The molecule has 0 aromatic heterocycles. The van der Waals surface area contributed by atoms with Gasteiger partial charge in [-0.15, -0.1) is 6.58 Å². The van der Waals surface area contributed by atoms with E-state index >= 15 is 0 Å². The fourth-order valence-corrected chi connectivity index (χ4v) is 1.63. The standard InChI is InChI=1S/C13H13F3O2/c1-2-4-10(12(17)18)7-9-5-3-6-11(8-9)13(14,15)16/h2-3,5-6,8,10H,1,4,7H2,(H,17,18)/t10-/m1/s1. The number of rotatable bonds is 5. The first-order valence-corrected chi connectivity index (χ1v) is 5.34. The summed E-state index contributed by atoms with van der Waals surface area (Å²) in [5, 5.41) is 8.92. The minimum atomic E-state index is -4.41. The molecule has 0 radical (unpaired) electrons. The zero-order valence-electron chi connectivity index (χ0n) is 9.57. The van der Waals surface area contributed by atoms with Gasteiger partial charge in [0.25, 0.3) is 0 Å². The number of carboxylic acids is 1. The van der Waals surface area contributed by atoms with Crippen LogP contribution in [-0.4, -0.2) is 11.1 Å². The van der Waals surface area contributed by atoms with E-state index in [9.17, 15) is 18.0 Å². The molecule has 0 bridgehead atoms. The van der Waals surface area contributed by atoms with E-state index in [0.717, 1.165) is 12.1 Å². The Kier molecular flexibility index (Phi) is 4.53. The van der Waals surface area contributed by atoms with Crippen LogP contribution in [0.4, 0.5) is 13.2 Å². The molecule has 0 fully saturated rings. The van der Waals surface area contributed by atoms with Gasteiger partial charge in [-0.3, -0.25) is 4.79 Å². The number of aliphatic carboxylic acids is 1. The number of carboxylic acid groups (broad SMARTS) is 1. The molecule has 98 valence electrons. The number of halogens is 3. The van der Waals surface area contributed by atoms with Crippen LogP contribution >= 0.6 is 0 Å². The first-order chi connectivity index (χ1) is 8.34. The second-order valence-electron chi connectivity index (χ2n) is 3.96. The van der Waals surface area contributed by atoms with Crippen molar-refractivity contribution in [3.05, 3.63) is 48.0 Å². The van der Waals surface area contributed by atoms with Crippen LogP contribution < -0.4 is 0 Å². The van der Waals surface area contributed by atoms with E-state index in [1.165, 1.54) is 18.2 Å². The predicted molar refractivity (Wildman–Crippen MR) is 61.1 cm³/mol. The lowest BCUT2D eigenvalue weighted by atomic mass is 9.95. The third kappa shape index (κ3) is 3.91. The number of hydrogen-bond acceptors (Lipinski definition) is 1. The van der Waals surface area contributed by atoms with Crippen LogP contribution in [0.1, 0.15) is 17.5 Å². The Balaban J connectivity index is 2.90. The maximum Gasteiger partial charge on any atom is 0.416 e. The van der Waals surface area contributed by atoms with E-state index in [4.69, 9.17) is 5.11 Å². The highest BCUT2D eigenvalue weighted by atomic mass is 19.4. The summed E-state index contributed by atoms with van der Waals surface area (Å²) in [6.07, 6.45) is -2.67. The Hall–Kier alpha value is -1.78. The summed E-state index contributed by atoms with van der Waals surface area (Å²) in [7, 11) is 0. The van der Waals surface area contributed by atoms with Crippen molar-refractivity contribution in [1.82, 2.24) is 0 Å². The summed E-state index contributed by atoms with van der Waals surface area (Å²) in [6, 6.07) is 4.73. The zero-order chi connectivity index (χ0) is 13.8. The molecule has 0 saturated heterocycles. The number of hydrogen-bond donors (Lipinski definition) is 1. The van der Waals surface area contributed by atoms with Crippen LogP contribution in [0, 0.1) is 5.92 Å². The van der Waals surface area contributed by atoms with E-state index in [0.29, 0.717) is 5.56 Å². The molecule has 0 spiro atoms. The van der Waals surface area contributed by atoms with Gasteiger partial charge in [-0.25, -0.2) is 0 Å². The minimum absolute atomic E-state index is 0.0608. The molecule has 0 aliphatic carbocycles. The fourth-order valence-electron chi connectivity index (χ4n) is 1.63. The summed E-state index contributed by atoms with van der Waals surface area (Å²) in [5.41, 5.74) is -0.401. The Morgan fingerprint density at radius 3 is 2.61 bits per heavy atom. The molecule has 0 aliphatic rings. The minimum Gasteiger partial charge on any atom is -0.481 e. The Morgan fingerprint density at radius 2 is 2.11 bits per heavy atom. The molecule has 1 N–H and O–H groups in total. The number of alkyl halides is 3. The van der Waals surface area contributed by atoms with E-state index in [1.807, 2.05) is 0 Å². The Morgan fingerprint density at radius 1 is 1.44 bits per heavy atom. The predicted octanol–water partition coefficient (Wildman–Crippen LogP) is 3.52. The number of benzene rings is 1. The second-order valence-corrected chi connectivity index (χ2v) is 3.96. The lowest BCUT2D eigenvalue weighted by molar-refractivity contribution is -0.141. The Bertz CT molecular complexity index is 438. The quantitative estimate of drug-likeness (QED) is 0.820. The van der Waals surface area contributed by atoms with Crippen LogP contribution in [0.2, 0.25) is 0 Å². The molecular formula is C13H13F3O2. The largest absolute Gasteiger partial charge is 0.481 e. The first-order valence-electron chi connectivity index (χ1n) is 5.34. The molecule has 0 unspecified atom stereocenters. The van der Waals surface area contributed by atoms with Crippen molar-refractivity contribution >= 4 is 5.97 Å². The lowest BCUT2D eigenvalue weighted by Crippen LogP contribution is -2.16. The number of allylic oxidation sites excluding steroid dienone is 1. The van der Waals surface area contributed by atoms with Gasteiger partial charge in [-0.1, -0.05) is 24.3 Å². The first kappa shape index (κ1) is 14.3. The molecule has 0 saturated carbocycles. The molecule has 1 atom stereocenters. The molecule has 1 rings (SSSR count). The second kappa shape index (κ2) is 5.71. The van der Waals surface area contributed by atoms with Crippen molar-refractivity contribution in [3.63, 3.8) is 0 Å². The summed E-state index contributed by atoms with van der Waals surface area (Å²) in [5.74, 6) is -1.78. The monoisotopic (exact) mass is 258 g/mol. The van der Waals surface area contributed by atoms with Gasteiger partial charge >= 0.3 is 12.1 Å². The van der Waals surface area contributed by atoms with Crippen molar-refractivity contribution in [2.24, 2.45) is 5.92 Å². The molecule has 2 nitrogen and oxygen atoms in total. The third-order valence-corrected chi connectivity index (χ3v) is 2.54. The van der Waals surface area contributed by atoms with Gasteiger partial charge in [0.2, 0.25) is 0 Å². The molecule has 0 heterocycles. The Labute approximate surface area is 103 Å². The van der Waals surface area contributed by atoms with Crippen molar-refractivity contribution in [3.8, 4) is 0 Å². The fraction of sp³-hybridized carbons (Fsp3) is 0.308. The van der Waals surface area contributed by atoms with Crippen molar-refractivity contribution < 1.29 is 23.1 Å². The molecule has 0 aliphatic heterocycles. The summed E-state index contributed by atoms with van der Waals surface area (Å²) in [4.78, 5) is 10.9. The van der Waals surface area contributed by atoms with Gasteiger partial charge in [0.05, 0.1) is 11.5 Å². The van der Waals surface area contributed by atoms with Gasteiger partial charge in [-0.2, -0.15) is 13.2 Å². The van der Waals surface area contributed by atoms with E-state index in [1.54, 1.807) is 0 Å². The highest BCUT2D eigenvalue weighted by molar-refractivity contribution is 5.70. The summed E-state index contributed by atoms with van der Waals surface area (Å²) in [6.45, 7) is 3.44. The van der Waals surface area contributed by atoms with Gasteiger partial charge in [-0.05, 0) is 24.5 Å². The average Bonchev–Trinajstić information content (AvgIpc) is 2.27. The highest BCUT2D eigenvalue weighted by Crippen LogP contribution is 2.30. The molecule has 1 aromatic carbocycles. The van der Waals surface area contributed by atoms with E-state index < -0.39 is 23.6 Å². The van der Waals surface area contributed by atoms with Crippen LogP contribution in [0.3, 0.4) is 0 Å². The van der Waals surface area contributed by atoms with Crippen LogP contribution in [0.15, 0.2) is 36.9 Å². The highest BCUT2D eigenvalue weighted by Gasteiger charge is 2.30. The van der Waals surface area contributed by atoms with Crippen molar-refractivity contribution in [2.75, 3.05) is 0 Å². The normalized spacial score (nSPS) is 13.1. The van der Waals surface area contributed by atoms with Gasteiger partial charge in [0, 0.05) is 0 Å². The van der Waals surface area contributed by atoms with Crippen LogP contribution in [-0.2, 0) is 17.4 Å². The molecular weight excluding hydrogens is 245 g/mol. The van der Waals surface area contributed by atoms with Crippen LogP contribution in [0.5, 0.6) is 0 Å². The van der Waals surface area contributed by atoms with Crippen molar-refractivity contribution in [1.29, 1.82) is 0 Å². The number of carbonyl (C=O) groups is 1. The molecule has 1 aromatic rings. The van der Waals surface area contributed by atoms with Gasteiger partial charge in [0.1, 0.15) is 0 Å². The lowest BCUT2D eigenvalue weighted by Gasteiger charge is -2.12. The molecule has 5 heteroatoms. The SMILES string of the molecule is C=CC[C@H](Cc1cccc(C(F)(F)F)c1)C(=O)O.